The van der Waals surface area contributed by atoms with E-state index in [-0.39, 0.29) is 24.3 Å². The van der Waals surface area contributed by atoms with Crippen molar-refractivity contribution in [1.29, 1.82) is 0 Å². The van der Waals surface area contributed by atoms with Crippen LogP contribution in [0.4, 0.5) is 4.39 Å². The Labute approximate surface area is 138 Å². The van der Waals surface area contributed by atoms with E-state index in [0.717, 1.165) is 5.56 Å². The van der Waals surface area contributed by atoms with Crippen LogP contribution in [0.1, 0.15) is 5.56 Å². The van der Waals surface area contributed by atoms with Crippen LogP contribution in [0.2, 0.25) is 10.0 Å². The normalized spacial score (nSPS) is 16.1. The average molecular weight is 349 g/mol. The number of nitrogens with two attached hydrogens (primary N) is 1. The third kappa shape index (κ3) is 3.11. The zero-order chi connectivity index (χ0) is 14.3. The Morgan fingerprint density at radius 3 is 2.62 bits per heavy atom. The van der Waals surface area contributed by atoms with E-state index in [2.05, 4.69) is 0 Å². The van der Waals surface area contributed by atoms with Gasteiger partial charge in [0.05, 0.1) is 5.02 Å². The van der Waals surface area contributed by atoms with Crippen LogP contribution < -0.4 is 10.5 Å². The monoisotopic (exact) mass is 347 g/mol. The summed E-state index contributed by atoms with van der Waals surface area (Å²) in [5.74, 6) is 0.345. The minimum Gasteiger partial charge on any atom is -0.488 e. The number of hydrogen-bond donors (Lipinski definition) is 1. The van der Waals surface area contributed by atoms with Crippen LogP contribution in [-0.2, 0) is 6.42 Å². The summed E-state index contributed by atoms with van der Waals surface area (Å²) < 4.78 is 19.6. The number of rotatable bonds is 2. The van der Waals surface area contributed by atoms with E-state index in [0.29, 0.717) is 39.9 Å². The molecule has 0 aromatic heterocycles. The topological polar surface area (TPSA) is 35.2 Å². The summed E-state index contributed by atoms with van der Waals surface area (Å²) in [5.41, 5.74) is 7.78. The first kappa shape index (κ1) is 16.4. The van der Waals surface area contributed by atoms with Crippen molar-refractivity contribution in [2.24, 2.45) is 5.73 Å². The van der Waals surface area contributed by atoms with Gasteiger partial charge in [0.2, 0.25) is 0 Å². The van der Waals surface area contributed by atoms with Crippen molar-refractivity contribution in [1.82, 2.24) is 0 Å². The van der Waals surface area contributed by atoms with Crippen molar-refractivity contribution < 1.29 is 9.13 Å². The van der Waals surface area contributed by atoms with Crippen molar-refractivity contribution in [3.63, 3.8) is 0 Å². The molecule has 112 valence electrons. The lowest BCUT2D eigenvalue weighted by molar-refractivity contribution is 0.242. The van der Waals surface area contributed by atoms with Gasteiger partial charge in [-0.1, -0.05) is 29.3 Å². The minimum atomic E-state index is -0.314. The van der Waals surface area contributed by atoms with Gasteiger partial charge in [-0.2, -0.15) is 0 Å². The summed E-state index contributed by atoms with van der Waals surface area (Å²) in [7, 11) is 0. The third-order valence-corrected chi connectivity index (χ3v) is 3.89. The maximum Gasteiger partial charge on any atom is 0.131 e. The molecule has 1 unspecified atom stereocenters. The molecule has 1 aliphatic heterocycles. The predicted molar refractivity (Wildman–Crippen MR) is 86.3 cm³/mol. The van der Waals surface area contributed by atoms with Gasteiger partial charge in [0, 0.05) is 34.7 Å². The first-order valence-electron chi connectivity index (χ1n) is 6.23. The van der Waals surface area contributed by atoms with Gasteiger partial charge < -0.3 is 10.5 Å². The van der Waals surface area contributed by atoms with Gasteiger partial charge in [0.25, 0.3) is 0 Å². The lowest BCUT2D eigenvalue weighted by Crippen LogP contribution is -2.24. The molecule has 2 aromatic rings. The Balaban J connectivity index is 0.00000161. The SMILES string of the molecule is Cl.NCC1Cc2cc(F)cc(-c3ccc(Cl)cc3Cl)c2O1. The number of ether oxygens (including phenoxy) is 1. The van der Waals surface area contributed by atoms with Crippen LogP contribution in [0.25, 0.3) is 11.1 Å². The number of benzene rings is 2. The Hall–Kier alpha value is -1.00. The van der Waals surface area contributed by atoms with Crippen LogP contribution in [0.5, 0.6) is 5.75 Å². The Morgan fingerprint density at radius 1 is 1.19 bits per heavy atom. The zero-order valence-electron chi connectivity index (χ0n) is 10.9. The van der Waals surface area contributed by atoms with Gasteiger partial charge in [0.15, 0.2) is 0 Å². The molecule has 0 fully saturated rings. The lowest BCUT2D eigenvalue weighted by Gasteiger charge is -2.12. The van der Waals surface area contributed by atoms with E-state index in [1.807, 2.05) is 0 Å². The highest BCUT2D eigenvalue weighted by atomic mass is 35.5. The maximum atomic E-state index is 13.8. The second-order valence-corrected chi connectivity index (χ2v) is 5.59. The molecule has 1 aliphatic rings. The molecule has 0 saturated heterocycles. The fourth-order valence-corrected chi connectivity index (χ4v) is 2.94. The number of hydrogen-bond acceptors (Lipinski definition) is 2. The molecule has 0 amide bonds. The van der Waals surface area contributed by atoms with Crippen LogP contribution >= 0.6 is 35.6 Å². The first-order chi connectivity index (χ1) is 9.58. The lowest BCUT2D eigenvalue weighted by atomic mass is 10.00. The second-order valence-electron chi connectivity index (χ2n) is 4.75. The fourth-order valence-electron chi connectivity index (χ4n) is 2.43. The van der Waals surface area contributed by atoms with Crippen molar-refractivity contribution >= 4 is 35.6 Å². The summed E-state index contributed by atoms with van der Waals surface area (Å²) in [6.45, 7) is 0.393. The molecule has 0 radical (unpaired) electrons. The molecular weight excluding hydrogens is 336 g/mol. The molecule has 0 saturated carbocycles. The Bertz CT molecular complexity index is 678. The second kappa shape index (κ2) is 6.41. The zero-order valence-corrected chi connectivity index (χ0v) is 13.2. The Morgan fingerprint density at radius 2 is 1.95 bits per heavy atom. The summed E-state index contributed by atoms with van der Waals surface area (Å²) in [4.78, 5) is 0. The Kier molecular flexibility index (Phi) is 4.99. The van der Waals surface area contributed by atoms with E-state index in [1.54, 1.807) is 18.2 Å². The highest BCUT2D eigenvalue weighted by Crippen LogP contribution is 2.42. The summed E-state index contributed by atoms with van der Waals surface area (Å²) in [6, 6.07) is 8.02. The smallest absolute Gasteiger partial charge is 0.131 e. The van der Waals surface area contributed by atoms with Crippen LogP contribution in [0.15, 0.2) is 30.3 Å². The number of halogens is 4. The average Bonchev–Trinajstić information content (AvgIpc) is 2.81. The molecule has 2 nitrogen and oxygen atoms in total. The van der Waals surface area contributed by atoms with Crippen molar-refractivity contribution in [2.75, 3.05) is 6.54 Å². The van der Waals surface area contributed by atoms with Gasteiger partial charge in [-0.15, -0.1) is 12.4 Å². The minimum absolute atomic E-state index is 0. The van der Waals surface area contributed by atoms with E-state index in [1.165, 1.54) is 12.1 Å². The quantitative estimate of drug-likeness (QED) is 0.868. The van der Waals surface area contributed by atoms with Gasteiger partial charge >= 0.3 is 0 Å². The van der Waals surface area contributed by atoms with Crippen LogP contribution in [-0.4, -0.2) is 12.6 Å². The molecule has 3 rings (SSSR count). The standard InChI is InChI=1S/C15H12Cl2FNO.ClH/c16-9-1-2-12(14(17)5-9)13-6-10(18)3-8-4-11(7-19)20-15(8)13;/h1-3,5-6,11H,4,7,19H2;1H. The molecule has 0 aliphatic carbocycles. The molecule has 2 aromatic carbocycles. The summed E-state index contributed by atoms with van der Waals surface area (Å²) in [5, 5.41) is 0.998. The third-order valence-electron chi connectivity index (χ3n) is 3.35. The van der Waals surface area contributed by atoms with Crippen molar-refractivity contribution in [2.45, 2.75) is 12.5 Å². The van der Waals surface area contributed by atoms with E-state index >= 15 is 0 Å². The number of fused-ring (bicyclic) bond motifs is 1. The van der Waals surface area contributed by atoms with Gasteiger partial charge in [-0.05, 0) is 24.3 Å². The van der Waals surface area contributed by atoms with E-state index in [9.17, 15) is 4.39 Å². The predicted octanol–water partition coefficient (Wildman–Crippen LogP) is 4.48. The van der Waals surface area contributed by atoms with Gasteiger partial charge in [0.1, 0.15) is 17.7 Å². The molecule has 2 N–H and O–H groups in total. The van der Waals surface area contributed by atoms with E-state index in [4.69, 9.17) is 33.7 Å². The summed E-state index contributed by atoms with van der Waals surface area (Å²) >= 11 is 12.1. The highest BCUT2D eigenvalue weighted by molar-refractivity contribution is 6.36. The summed E-state index contributed by atoms with van der Waals surface area (Å²) in [6.07, 6.45) is 0.499. The van der Waals surface area contributed by atoms with Crippen molar-refractivity contribution in [3.05, 3.63) is 51.8 Å². The molecule has 0 spiro atoms. The fraction of sp³-hybridized carbons (Fsp3) is 0.200. The van der Waals surface area contributed by atoms with Crippen molar-refractivity contribution in [3.8, 4) is 16.9 Å². The largest absolute Gasteiger partial charge is 0.488 e. The molecule has 6 heteroatoms. The molecule has 21 heavy (non-hydrogen) atoms. The van der Waals surface area contributed by atoms with Crippen LogP contribution in [0, 0.1) is 5.82 Å². The van der Waals surface area contributed by atoms with E-state index < -0.39 is 0 Å². The molecule has 1 atom stereocenters. The van der Waals surface area contributed by atoms with Crippen LogP contribution in [0.3, 0.4) is 0 Å². The van der Waals surface area contributed by atoms with Gasteiger partial charge in [-0.3, -0.25) is 0 Å². The molecular formula is C15H13Cl3FNO. The molecule has 0 bridgehead atoms. The van der Waals surface area contributed by atoms with Gasteiger partial charge in [-0.25, -0.2) is 4.39 Å². The maximum absolute atomic E-state index is 13.8. The molecule has 1 heterocycles. The highest BCUT2D eigenvalue weighted by Gasteiger charge is 2.26. The first-order valence-corrected chi connectivity index (χ1v) is 6.98.